The molecule has 2 heterocycles. The lowest BCUT2D eigenvalue weighted by molar-refractivity contribution is -0.120. The number of pyridine rings is 1. The van der Waals surface area contributed by atoms with E-state index in [0.717, 1.165) is 18.6 Å². The SMILES string of the molecule is CCC(=O)NCCc1cn(CC(C)C)c2ncccc12. The molecule has 0 saturated heterocycles. The number of amides is 1. The third-order valence-corrected chi connectivity index (χ3v) is 3.32. The Balaban J connectivity index is 2.18. The lowest BCUT2D eigenvalue weighted by atomic mass is 10.1. The molecule has 1 amide bonds. The fourth-order valence-electron chi connectivity index (χ4n) is 2.39. The third kappa shape index (κ3) is 3.38. The van der Waals surface area contributed by atoms with Gasteiger partial charge in [0.25, 0.3) is 0 Å². The zero-order valence-electron chi connectivity index (χ0n) is 12.5. The summed E-state index contributed by atoms with van der Waals surface area (Å²) in [6.07, 6.45) is 5.40. The number of fused-ring (bicyclic) bond motifs is 1. The molecule has 0 bridgehead atoms. The molecule has 0 fully saturated rings. The van der Waals surface area contributed by atoms with Gasteiger partial charge in [0.2, 0.25) is 5.91 Å². The van der Waals surface area contributed by atoms with Gasteiger partial charge >= 0.3 is 0 Å². The van der Waals surface area contributed by atoms with Crippen LogP contribution in [-0.4, -0.2) is 22.0 Å². The smallest absolute Gasteiger partial charge is 0.219 e. The van der Waals surface area contributed by atoms with Crippen molar-refractivity contribution >= 4 is 16.9 Å². The normalized spacial score (nSPS) is 11.2. The van der Waals surface area contributed by atoms with Gasteiger partial charge in [-0.2, -0.15) is 0 Å². The first kappa shape index (κ1) is 14.6. The van der Waals surface area contributed by atoms with Gasteiger partial charge in [0.1, 0.15) is 5.65 Å². The van der Waals surface area contributed by atoms with E-state index in [1.54, 1.807) is 0 Å². The predicted octanol–water partition coefficient (Wildman–Crippen LogP) is 2.76. The summed E-state index contributed by atoms with van der Waals surface area (Å²) in [5.41, 5.74) is 2.29. The van der Waals surface area contributed by atoms with Gasteiger partial charge in [0.15, 0.2) is 0 Å². The lowest BCUT2D eigenvalue weighted by Crippen LogP contribution is -2.24. The molecule has 0 radical (unpaired) electrons. The first-order valence-electron chi connectivity index (χ1n) is 7.31. The Morgan fingerprint density at radius 2 is 2.25 bits per heavy atom. The van der Waals surface area contributed by atoms with E-state index < -0.39 is 0 Å². The molecule has 0 aliphatic rings. The molecule has 4 heteroatoms. The molecule has 0 spiro atoms. The van der Waals surface area contributed by atoms with Crippen molar-refractivity contribution in [3.8, 4) is 0 Å². The molecule has 0 aliphatic carbocycles. The highest BCUT2D eigenvalue weighted by atomic mass is 16.1. The quantitative estimate of drug-likeness (QED) is 0.879. The number of carbonyl (C=O) groups excluding carboxylic acids is 1. The average Bonchev–Trinajstić information content (AvgIpc) is 2.77. The fraction of sp³-hybridized carbons (Fsp3) is 0.500. The van der Waals surface area contributed by atoms with Gasteiger partial charge in [0, 0.05) is 37.3 Å². The minimum atomic E-state index is 0.106. The van der Waals surface area contributed by atoms with E-state index in [4.69, 9.17) is 0 Å². The van der Waals surface area contributed by atoms with Crippen molar-refractivity contribution in [1.82, 2.24) is 14.9 Å². The summed E-state index contributed by atoms with van der Waals surface area (Å²) in [5.74, 6) is 0.689. The number of hydrogen-bond acceptors (Lipinski definition) is 2. The van der Waals surface area contributed by atoms with E-state index in [2.05, 4.69) is 41.0 Å². The van der Waals surface area contributed by atoms with Crippen molar-refractivity contribution in [2.45, 2.75) is 40.2 Å². The van der Waals surface area contributed by atoms with Crippen LogP contribution in [-0.2, 0) is 17.8 Å². The maximum Gasteiger partial charge on any atom is 0.219 e. The van der Waals surface area contributed by atoms with Crippen LogP contribution in [0.15, 0.2) is 24.5 Å². The van der Waals surface area contributed by atoms with Gasteiger partial charge in [-0.15, -0.1) is 0 Å². The van der Waals surface area contributed by atoms with Crippen LogP contribution in [0, 0.1) is 5.92 Å². The van der Waals surface area contributed by atoms with Crippen LogP contribution < -0.4 is 5.32 Å². The predicted molar refractivity (Wildman–Crippen MR) is 81.6 cm³/mol. The summed E-state index contributed by atoms with van der Waals surface area (Å²) >= 11 is 0. The fourth-order valence-corrected chi connectivity index (χ4v) is 2.39. The standard InChI is InChI=1S/C16H23N3O/c1-4-15(20)17-9-7-13-11-19(10-12(2)3)16-14(13)6-5-8-18-16/h5-6,8,11-12H,4,7,9-10H2,1-3H3,(H,17,20). The van der Waals surface area contributed by atoms with Gasteiger partial charge in [0.05, 0.1) is 0 Å². The highest BCUT2D eigenvalue weighted by molar-refractivity contribution is 5.80. The summed E-state index contributed by atoms with van der Waals surface area (Å²) in [4.78, 5) is 15.8. The number of aromatic nitrogens is 2. The van der Waals surface area contributed by atoms with Crippen molar-refractivity contribution in [2.24, 2.45) is 5.92 Å². The van der Waals surface area contributed by atoms with E-state index in [-0.39, 0.29) is 5.91 Å². The van der Waals surface area contributed by atoms with Crippen molar-refractivity contribution in [3.05, 3.63) is 30.1 Å². The van der Waals surface area contributed by atoms with Crippen LogP contribution in [0.4, 0.5) is 0 Å². The second-order valence-electron chi connectivity index (χ2n) is 5.53. The molecule has 0 aliphatic heterocycles. The van der Waals surface area contributed by atoms with Crippen LogP contribution in [0.25, 0.3) is 11.0 Å². The summed E-state index contributed by atoms with van der Waals surface area (Å²) in [7, 11) is 0. The van der Waals surface area contributed by atoms with Gasteiger partial charge < -0.3 is 9.88 Å². The molecule has 108 valence electrons. The van der Waals surface area contributed by atoms with Crippen LogP contribution in [0.1, 0.15) is 32.8 Å². The van der Waals surface area contributed by atoms with E-state index in [1.165, 1.54) is 10.9 Å². The molecular formula is C16H23N3O. The van der Waals surface area contributed by atoms with E-state index in [9.17, 15) is 4.79 Å². The van der Waals surface area contributed by atoms with E-state index in [0.29, 0.717) is 18.9 Å². The molecule has 0 saturated carbocycles. The number of hydrogen-bond donors (Lipinski definition) is 1. The topological polar surface area (TPSA) is 46.9 Å². The molecule has 0 atom stereocenters. The van der Waals surface area contributed by atoms with Gasteiger partial charge in [-0.25, -0.2) is 4.98 Å². The number of carbonyl (C=O) groups is 1. The Labute approximate surface area is 120 Å². The molecule has 1 N–H and O–H groups in total. The minimum absolute atomic E-state index is 0.106. The molecular weight excluding hydrogens is 250 g/mol. The lowest BCUT2D eigenvalue weighted by Gasteiger charge is -2.06. The van der Waals surface area contributed by atoms with Crippen LogP contribution in [0.2, 0.25) is 0 Å². The monoisotopic (exact) mass is 273 g/mol. The Morgan fingerprint density at radius 3 is 2.95 bits per heavy atom. The molecule has 2 aromatic heterocycles. The van der Waals surface area contributed by atoms with Crippen LogP contribution in [0.3, 0.4) is 0 Å². The molecule has 2 aromatic rings. The molecule has 2 rings (SSSR count). The third-order valence-electron chi connectivity index (χ3n) is 3.32. The second kappa shape index (κ2) is 6.55. The van der Waals surface area contributed by atoms with E-state index >= 15 is 0 Å². The van der Waals surface area contributed by atoms with Crippen LogP contribution in [0.5, 0.6) is 0 Å². The maximum atomic E-state index is 11.3. The molecule has 20 heavy (non-hydrogen) atoms. The maximum absolute atomic E-state index is 11.3. The zero-order chi connectivity index (χ0) is 14.5. The Morgan fingerprint density at radius 1 is 1.45 bits per heavy atom. The van der Waals surface area contributed by atoms with Crippen molar-refractivity contribution in [1.29, 1.82) is 0 Å². The minimum Gasteiger partial charge on any atom is -0.356 e. The number of rotatable bonds is 6. The Bertz CT molecular complexity index is 586. The summed E-state index contributed by atoms with van der Waals surface area (Å²) in [5, 5.41) is 4.12. The Kier molecular flexibility index (Phi) is 4.77. The molecule has 4 nitrogen and oxygen atoms in total. The molecule has 0 aromatic carbocycles. The highest BCUT2D eigenvalue weighted by Gasteiger charge is 2.10. The van der Waals surface area contributed by atoms with Gasteiger partial charge in [-0.1, -0.05) is 20.8 Å². The van der Waals surface area contributed by atoms with Crippen molar-refractivity contribution in [2.75, 3.05) is 6.54 Å². The van der Waals surface area contributed by atoms with Gasteiger partial charge in [-0.3, -0.25) is 4.79 Å². The van der Waals surface area contributed by atoms with Crippen molar-refractivity contribution in [3.63, 3.8) is 0 Å². The van der Waals surface area contributed by atoms with Crippen LogP contribution >= 0.6 is 0 Å². The largest absolute Gasteiger partial charge is 0.356 e. The summed E-state index contributed by atoms with van der Waals surface area (Å²) in [6.45, 7) is 7.93. The Hall–Kier alpha value is -1.84. The summed E-state index contributed by atoms with van der Waals surface area (Å²) in [6, 6.07) is 4.08. The number of nitrogens with one attached hydrogen (secondary N) is 1. The molecule has 0 unspecified atom stereocenters. The summed E-state index contributed by atoms with van der Waals surface area (Å²) < 4.78 is 2.22. The van der Waals surface area contributed by atoms with E-state index in [1.807, 2.05) is 19.2 Å². The second-order valence-corrected chi connectivity index (χ2v) is 5.53. The van der Waals surface area contributed by atoms with Crippen molar-refractivity contribution < 1.29 is 4.79 Å². The highest BCUT2D eigenvalue weighted by Crippen LogP contribution is 2.20. The van der Waals surface area contributed by atoms with Gasteiger partial charge in [-0.05, 0) is 30.0 Å². The first-order valence-corrected chi connectivity index (χ1v) is 7.31. The first-order chi connectivity index (χ1) is 9.61. The zero-order valence-corrected chi connectivity index (χ0v) is 12.5. The average molecular weight is 273 g/mol. The number of nitrogens with zero attached hydrogens (tertiary/aromatic N) is 2.